The van der Waals surface area contributed by atoms with Crippen molar-refractivity contribution in [3.63, 3.8) is 0 Å². The van der Waals surface area contributed by atoms with Crippen LogP contribution in [0.2, 0.25) is 0 Å². The Morgan fingerprint density at radius 1 is 0.800 bits per heavy atom. The summed E-state index contributed by atoms with van der Waals surface area (Å²) < 4.78 is 0. The van der Waals surface area contributed by atoms with Gasteiger partial charge in [0.15, 0.2) is 0 Å². The second kappa shape index (κ2) is 14.3. The van der Waals surface area contributed by atoms with Crippen LogP contribution in [0.1, 0.15) is 67.7 Å². The second-order valence-electron chi connectivity index (χ2n) is 7.29. The Bertz CT molecular complexity index is 674. The molecule has 2 rings (SSSR count). The molecule has 2 aromatic rings. The van der Waals surface area contributed by atoms with Gasteiger partial charge in [-0.05, 0) is 43.0 Å². The summed E-state index contributed by atoms with van der Waals surface area (Å²) in [7, 11) is 0. The molecule has 0 bridgehead atoms. The monoisotopic (exact) mass is 418 g/mol. The molecule has 0 aliphatic carbocycles. The number of aliphatic hydroxyl groups is 2. The predicted molar refractivity (Wildman–Crippen MR) is 118 cm³/mol. The van der Waals surface area contributed by atoms with E-state index in [0.717, 1.165) is 0 Å². The minimum atomic E-state index is -0.879. The van der Waals surface area contributed by atoms with Crippen LogP contribution in [0, 0.1) is 5.92 Å². The van der Waals surface area contributed by atoms with Gasteiger partial charge in [0.2, 0.25) is 0 Å². The highest BCUT2D eigenvalue weighted by molar-refractivity contribution is 5.87. The van der Waals surface area contributed by atoms with Crippen LogP contribution in [-0.2, 0) is 0 Å². The van der Waals surface area contributed by atoms with Gasteiger partial charge in [-0.2, -0.15) is 0 Å². The molecule has 2 aromatic carbocycles. The van der Waals surface area contributed by atoms with Crippen LogP contribution in [0.5, 0.6) is 0 Å². The first-order valence-electron chi connectivity index (χ1n) is 10.0. The minimum Gasteiger partial charge on any atom is -0.478 e. The van der Waals surface area contributed by atoms with Crippen LogP contribution in [0.4, 0.5) is 0 Å². The fourth-order valence-corrected chi connectivity index (χ4v) is 2.33. The molecule has 0 saturated heterocycles. The first-order chi connectivity index (χ1) is 14.1. The number of carbonyl (C=O) groups is 2. The lowest BCUT2D eigenvalue weighted by Crippen LogP contribution is -2.34. The molecule has 30 heavy (non-hydrogen) atoms. The fourth-order valence-electron chi connectivity index (χ4n) is 2.33. The number of carboxylic acids is 2. The van der Waals surface area contributed by atoms with Crippen LogP contribution >= 0.6 is 0 Å². The first kappa shape index (κ1) is 27.3. The van der Waals surface area contributed by atoms with Gasteiger partial charge in [0.25, 0.3) is 0 Å². The third-order valence-electron chi connectivity index (χ3n) is 4.72. The van der Waals surface area contributed by atoms with Crippen LogP contribution in [0.15, 0.2) is 60.7 Å². The third-order valence-corrected chi connectivity index (χ3v) is 4.72. The van der Waals surface area contributed by atoms with Crippen molar-refractivity contribution in [1.82, 2.24) is 0 Å². The molecule has 4 N–H and O–H groups in total. The zero-order chi connectivity index (χ0) is 23.2. The molecule has 6 heteroatoms. The van der Waals surface area contributed by atoms with E-state index in [1.165, 1.54) is 0 Å². The van der Waals surface area contributed by atoms with E-state index >= 15 is 0 Å². The molecule has 0 aromatic heterocycles. The van der Waals surface area contributed by atoms with Crippen molar-refractivity contribution in [1.29, 1.82) is 0 Å². The smallest absolute Gasteiger partial charge is 0.335 e. The lowest BCUT2D eigenvalue weighted by molar-refractivity contribution is -0.0289. The Morgan fingerprint density at radius 3 is 1.33 bits per heavy atom. The molecular formula is C24H34O6. The Labute approximate surface area is 178 Å². The maximum atomic E-state index is 10.2. The molecule has 0 aliphatic heterocycles. The van der Waals surface area contributed by atoms with Crippen LogP contribution in [0.3, 0.4) is 0 Å². The van der Waals surface area contributed by atoms with E-state index in [1.807, 2.05) is 27.7 Å². The molecule has 1 atom stereocenters. The van der Waals surface area contributed by atoms with E-state index in [2.05, 4.69) is 0 Å². The molecule has 0 spiro atoms. The maximum absolute atomic E-state index is 10.2. The largest absolute Gasteiger partial charge is 0.478 e. The molecule has 0 saturated carbocycles. The van der Waals surface area contributed by atoms with Crippen molar-refractivity contribution in [2.45, 2.75) is 58.7 Å². The Hall–Kier alpha value is -2.70. The highest BCUT2D eigenvalue weighted by Gasteiger charge is 2.26. The lowest BCUT2D eigenvalue weighted by Gasteiger charge is -2.29. The summed E-state index contributed by atoms with van der Waals surface area (Å²) in [5.74, 6) is -1.53. The summed E-state index contributed by atoms with van der Waals surface area (Å²) in [4.78, 5) is 20.4. The van der Waals surface area contributed by atoms with Crippen LogP contribution in [-0.4, -0.2) is 44.1 Å². The number of hydrogen-bond acceptors (Lipinski definition) is 4. The normalized spacial score (nSPS) is 11.4. The van der Waals surface area contributed by atoms with Crippen molar-refractivity contribution < 1.29 is 30.0 Å². The number of rotatable bonds is 7. The van der Waals surface area contributed by atoms with E-state index in [0.29, 0.717) is 30.4 Å². The molecule has 0 amide bonds. The molecule has 0 radical (unpaired) electrons. The Morgan fingerprint density at radius 2 is 1.13 bits per heavy atom. The topological polar surface area (TPSA) is 115 Å². The van der Waals surface area contributed by atoms with Gasteiger partial charge in [-0.3, -0.25) is 0 Å². The van der Waals surface area contributed by atoms with Crippen LogP contribution < -0.4 is 0 Å². The SMILES string of the molecule is CCC(O)(CC)CC(O)C(C)C.O=C(O)c1ccccc1.O=C(O)c1ccccc1. The average molecular weight is 419 g/mol. The summed E-state index contributed by atoms with van der Waals surface area (Å²) in [6.45, 7) is 7.85. The van der Waals surface area contributed by atoms with Gasteiger partial charge in [0.1, 0.15) is 0 Å². The highest BCUT2D eigenvalue weighted by atomic mass is 16.4. The van der Waals surface area contributed by atoms with E-state index in [1.54, 1.807) is 60.7 Å². The van der Waals surface area contributed by atoms with E-state index in [4.69, 9.17) is 10.2 Å². The number of aliphatic hydroxyl groups excluding tert-OH is 1. The Balaban J connectivity index is 0.000000426. The predicted octanol–water partition coefficient (Wildman–Crippen LogP) is 4.71. The second-order valence-corrected chi connectivity index (χ2v) is 7.29. The van der Waals surface area contributed by atoms with Gasteiger partial charge >= 0.3 is 11.9 Å². The van der Waals surface area contributed by atoms with Crippen molar-refractivity contribution in [3.05, 3.63) is 71.8 Å². The Kier molecular flexibility index (Phi) is 13.0. The molecule has 166 valence electrons. The molecule has 6 nitrogen and oxygen atoms in total. The molecular weight excluding hydrogens is 384 g/mol. The average Bonchev–Trinajstić information content (AvgIpc) is 2.75. The summed E-state index contributed by atoms with van der Waals surface area (Å²) >= 11 is 0. The number of aromatic carboxylic acids is 2. The third kappa shape index (κ3) is 11.3. The first-order valence-corrected chi connectivity index (χ1v) is 10.0. The van der Waals surface area contributed by atoms with Gasteiger partial charge in [-0.15, -0.1) is 0 Å². The zero-order valence-corrected chi connectivity index (χ0v) is 18.2. The van der Waals surface area contributed by atoms with Gasteiger partial charge in [0.05, 0.1) is 22.8 Å². The summed E-state index contributed by atoms with van der Waals surface area (Å²) in [5, 5.41) is 36.2. The van der Waals surface area contributed by atoms with Crippen molar-refractivity contribution >= 4 is 11.9 Å². The van der Waals surface area contributed by atoms with Gasteiger partial charge in [-0.1, -0.05) is 64.1 Å². The molecule has 0 fully saturated rings. The van der Waals surface area contributed by atoms with Gasteiger partial charge in [-0.25, -0.2) is 9.59 Å². The molecule has 1 unspecified atom stereocenters. The minimum absolute atomic E-state index is 0.231. The molecule has 0 heterocycles. The van der Waals surface area contributed by atoms with Crippen molar-refractivity contribution in [2.24, 2.45) is 5.92 Å². The summed E-state index contributed by atoms with van der Waals surface area (Å²) in [6, 6.07) is 16.6. The quantitative estimate of drug-likeness (QED) is 0.517. The van der Waals surface area contributed by atoms with Crippen molar-refractivity contribution in [2.75, 3.05) is 0 Å². The van der Waals surface area contributed by atoms with E-state index in [9.17, 15) is 19.8 Å². The van der Waals surface area contributed by atoms with Gasteiger partial charge < -0.3 is 20.4 Å². The van der Waals surface area contributed by atoms with Gasteiger partial charge in [0, 0.05) is 6.42 Å². The lowest BCUT2D eigenvalue weighted by atomic mass is 9.87. The van der Waals surface area contributed by atoms with Crippen molar-refractivity contribution in [3.8, 4) is 0 Å². The maximum Gasteiger partial charge on any atom is 0.335 e. The zero-order valence-electron chi connectivity index (χ0n) is 18.2. The number of carboxylic acid groups (broad SMARTS) is 2. The van der Waals surface area contributed by atoms with E-state index in [-0.39, 0.29) is 12.0 Å². The standard InChI is InChI=1S/C10H22O2.2C7H6O2/c1-5-10(12,6-2)7-9(11)8(3)4;2*8-7(9)6-4-2-1-3-5-6/h8-9,11-12H,5-7H2,1-4H3;2*1-5H,(H,8,9). The fraction of sp³-hybridized carbons (Fsp3) is 0.417. The number of benzene rings is 2. The highest BCUT2D eigenvalue weighted by Crippen LogP contribution is 2.23. The summed E-state index contributed by atoms with van der Waals surface area (Å²) in [5.41, 5.74) is -0.000972. The number of hydrogen-bond donors (Lipinski definition) is 4. The molecule has 0 aliphatic rings. The summed E-state index contributed by atoms with van der Waals surface area (Å²) in [6.07, 6.45) is 1.55. The van der Waals surface area contributed by atoms with E-state index < -0.39 is 17.5 Å². The van der Waals surface area contributed by atoms with Crippen LogP contribution in [0.25, 0.3) is 0 Å².